The Labute approximate surface area is 121 Å². The second-order valence-corrected chi connectivity index (χ2v) is 7.45. The van der Waals surface area contributed by atoms with Crippen molar-refractivity contribution in [3.8, 4) is 0 Å². The average Bonchev–Trinajstić information content (AvgIpc) is 2.25. The third kappa shape index (κ3) is 5.12. The smallest absolute Gasteiger partial charge is 0.303 e. The number of rotatable bonds is 4. The summed E-state index contributed by atoms with van der Waals surface area (Å²) >= 11 is 0. The quantitative estimate of drug-likeness (QED) is 0.855. The Hall–Kier alpha value is -1.10. The summed E-state index contributed by atoms with van der Waals surface area (Å²) in [6.07, 6.45) is 0.329. The fourth-order valence-electron chi connectivity index (χ4n) is 2.62. The number of hydrogen-bond acceptors (Lipinski definition) is 3. The van der Waals surface area contributed by atoms with Crippen molar-refractivity contribution in [2.45, 2.75) is 53.0 Å². The Morgan fingerprint density at radius 3 is 1.85 bits per heavy atom. The molecule has 1 rings (SSSR count). The predicted molar refractivity (Wildman–Crippen MR) is 78.6 cm³/mol. The minimum Gasteiger partial charge on any atom is -0.481 e. The highest BCUT2D eigenvalue weighted by molar-refractivity contribution is 5.78. The molecule has 1 N–H and O–H groups in total. The van der Waals surface area contributed by atoms with Crippen molar-refractivity contribution in [1.29, 1.82) is 0 Å². The molecule has 0 unspecified atom stereocenters. The summed E-state index contributed by atoms with van der Waals surface area (Å²) in [6, 6.07) is 0. The molecule has 1 saturated heterocycles. The van der Waals surface area contributed by atoms with Crippen molar-refractivity contribution in [3.05, 3.63) is 0 Å². The van der Waals surface area contributed by atoms with E-state index in [2.05, 4.69) is 25.7 Å². The molecule has 1 aliphatic rings. The molecular weight excluding hydrogens is 256 g/mol. The Balaban J connectivity index is 2.49. The van der Waals surface area contributed by atoms with E-state index in [9.17, 15) is 9.59 Å². The molecule has 5 nitrogen and oxygen atoms in total. The number of piperazine rings is 1. The van der Waals surface area contributed by atoms with E-state index < -0.39 is 11.4 Å². The number of carboxylic acid groups (broad SMARTS) is 1. The van der Waals surface area contributed by atoms with E-state index in [1.54, 1.807) is 0 Å². The molecule has 0 aromatic heterocycles. The summed E-state index contributed by atoms with van der Waals surface area (Å²) in [7, 11) is 0. The molecule has 1 heterocycles. The minimum absolute atomic E-state index is 0.0285. The molecule has 0 spiro atoms. The number of aliphatic carboxylic acids is 1. The highest BCUT2D eigenvalue weighted by atomic mass is 16.4. The molecule has 116 valence electrons. The van der Waals surface area contributed by atoms with Gasteiger partial charge in [-0.15, -0.1) is 0 Å². The fourth-order valence-corrected chi connectivity index (χ4v) is 2.62. The summed E-state index contributed by atoms with van der Waals surface area (Å²) < 4.78 is 0. The van der Waals surface area contributed by atoms with E-state index in [0.717, 1.165) is 26.2 Å². The lowest BCUT2D eigenvalue weighted by Crippen LogP contribution is -2.55. The maximum atomic E-state index is 12.3. The largest absolute Gasteiger partial charge is 0.481 e. The summed E-state index contributed by atoms with van der Waals surface area (Å²) in [6.45, 7) is 13.5. The molecule has 0 radical (unpaired) electrons. The topological polar surface area (TPSA) is 60.9 Å². The molecule has 0 aliphatic carbocycles. The van der Waals surface area contributed by atoms with Crippen LogP contribution in [0, 0.1) is 5.41 Å². The van der Waals surface area contributed by atoms with Gasteiger partial charge in [-0.05, 0) is 26.2 Å². The maximum Gasteiger partial charge on any atom is 0.303 e. The van der Waals surface area contributed by atoms with Crippen LogP contribution >= 0.6 is 0 Å². The van der Waals surface area contributed by atoms with Gasteiger partial charge in [-0.3, -0.25) is 14.5 Å². The first-order chi connectivity index (χ1) is 9.01. The second-order valence-electron chi connectivity index (χ2n) is 7.45. The number of carbonyl (C=O) groups excluding carboxylic acids is 1. The molecule has 20 heavy (non-hydrogen) atoms. The average molecular weight is 284 g/mol. The van der Waals surface area contributed by atoms with Crippen molar-refractivity contribution < 1.29 is 14.7 Å². The van der Waals surface area contributed by atoms with Crippen LogP contribution in [0.15, 0.2) is 0 Å². The molecular formula is C15H28N2O3. The lowest BCUT2D eigenvalue weighted by molar-refractivity contribution is -0.141. The Morgan fingerprint density at radius 1 is 0.950 bits per heavy atom. The van der Waals surface area contributed by atoms with Gasteiger partial charge in [-0.1, -0.05) is 13.8 Å². The van der Waals surface area contributed by atoms with Crippen molar-refractivity contribution >= 4 is 11.9 Å². The summed E-state index contributed by atoms with van der Waals surface area (Å²) in [5, 5.41) is 8.87. The van der Waals surface area contributed by atoms with Crippen LogP contribution in [0.4, 0.5) is 0 Å². The first-order valence-electron chi connectivity index (χ1n) is 7.26. The molecule has 1 amide bonds. The zero-order chi connectivity index (χ0) is 15.6. The Bertz CT molecular complexity index is 364. The molecule has 0 saturated carbocycles. The second kappa shape index (κ2) is 6.12. The zero-order valence-corrected chi connectivity index (χ0v) is 13.4. The van der Waals surface area contributed by atoms with E-state index >= 15 is 0 Å². The molecule has 1 fully saturated rings. The molecule has 0 atom stereocenters. The van der Waals surface area contributed by atoms with Crippen LogP contribution in [0.5, 0.6) is 0 Å². The van der Waals surface area contributed by atoms with E-state index in [0.29, 0.717) is 6.42 Å². The summed E-state index contributed by atoms with van der Waals surface area (Å²) in [4.78, 5) is 27.3. The van der Waals surface area contributed by atoms with Crippen LogP contribution in [-0.2, 0) is 9.59 Å². The number of hydrogen-bond donors (Lipinski definition) is 1. The van der Waals surface area contributed by atoms with E-state index in [1.807, 2.05) is 18.7 Å². The van der Waals surface area contributed by atoms with Crippen LogP contribution in [0.2, 0.25) is 0 Å². The summed E-state index contributed by atoms with van der Waals surface area (Å²) in [5.74, 6) is -0.773. The number of nitrogens with zero attached hydrogens (tertiary/aromatic N) is 2. The first-order valence-corrected chi connectivity index (χ1v) is 7.26. The van der Waals surface area contributed by atoms with Gasteiger partial charge < -0.3 is 10.0 Å². The normalized spacial score (nSPS) is 18.1. The van der Waals surface area contributed by atoms with Crippen molar-refractivity contribution in [3.63, 3.8) is 0 Å². The van der Waals surface area contributed by atoms with Crippen LogP contribution in [0.1, 0.15) is 47.5 Å². The summed E-state index contributed by atoms with van der Waals surface area (Å²) in [5.41, 5.74) is -0.345. The van der Waals surface area contributed by atoms with Gasteiger partial charge in [0.15, 0.2) is 0 Å². The van der Waals surface area contributed by atoms with Gasteiger partial charge in [0.25, 0.3) is 0 Å². The SMILES string of the molecule is CC(C)(CC(=O)O)CC(=O)N1CCN(C(C)(C)C)CC1. The van der Waals surface area contributed by atoms with Crippen LogP contribution in [-0.4, -0.2) is 58.5 Å². The molecule has 0 aromatic carbocycles. The van der Waals surface area contributed by atoms with E-state index in [-0.39, 0.29) is 17.9 Å². The highest BCUT2D eigenvalue weighted by Crippen LogP contribution is 2.26. The Kier molecular flexibility index (Phi) is 5.19. The molecule has 5 heteroatoms. The van der Waals surface area contributed by atoms with E-state index in [1.165, 1.54) is 0 Å². The number of carbonyl (C=O) groups is 2. The highest BCUT2D eigenvalue weighted by Gasteiger charge is 2.31. The van der Waals surface area contributed by atoms with Crippen LogP contribution < -0.4 is 0 Å². The fraction of sp³-hybridized carbons (Fsp3) is 0.867. The van der Waals surface area contributed by atoms with Crippen molar-refractivity contribution in [2.24, 2.45) is 5.41 Å². The third-order valence-corrected chi connectivity index (χ3v) is 3.84. The first kappa shape index (κ1) is 17.0. The van der Waals surface area contributed by atoms with Gasteiger partial charge in [0, 0.05) is 38.1 Å². The van der Waals surface area contributed by atoms with Gasteiger partial charge >= 0.3 is 5.97 Å². The lowest BCUT2D eigenvalue weighted by atomic mass is 9.85. The van der Waals surface area contributed by atoms with Crippen molar-refractivity contribution in [2.75, 3.05) is 26.2 Å². The zero-order valence-electron chi connectivity index (χ0n) is 13.4. The molecule has 0 aromatic rings. The van der Waals surface area contributed by atoms with Gasteiger partial charge in [-0.25, -0.2) is 0 Å². The molecule has 1 aliphatic heterocycles. The van der Waals surface area contributed by atoms with E-state index in [4.69, 9.17) is 5.11 Å². The molecule has 0 bridgehead atoms. The monoisotopic (exact) mass is 284 g/mol. The van der Waals surface area contributed by atoms with Gasteiger partial charge in [0.2, 0.25) is 5.91 Å². The van der Waals surface area contributed by atoms with Crippen molar-refractivity contribution in [1.82, 2.24) is 9.80 Å². The van der Waals surface area contributed by atoms with Gasteiger partial charge in [0.05, 0.1) is 6.42 Å². The Morgan fingerprint density at radius 2 is 1.45 bits per heavy atom. The number of carboxylic acids is 1. The standard InChI is InChI=1S/C15H28N2O3/c1-14(2,3)17-8-6-16(7-9-17)12(18)10-15(4,5)11-13(19)20/h6-11H2,1-5H3,(H,19,20). The van der Waals surface area contributed by atoms with Gasteiger partial charge in [0.1, 0.15) is 0 Å². The van der Waals surface area contributed by atoms with Crippen LogP contribution in [0.25, 0.3) is 0 Å². The van der Waals surface area contributed by atoms with Crippen LogP contribution in [0.3, 0.4) is 0 Å². The minimum atomic E-state index is -0.847. The predicted octanol–water partition coefficient (Wildman–Crippen LogP) is 1.82. The maximum absolute atomic E-state index is 12.3. The number of amides is 1. The lowest BCUT2D eigenvalue weighted by Gasteiger charge is -2.42. The third-order valence-electron chi connectivity index (χ3n) is 3.84. The van der Waals surface area contributed by atoms with Gasteiger partial charge in [-0.2, -0.15) is 0 Å².